The zero-order chi connectivity index (χ0) is 25.1. The second kappa shape index (κ2) is 11.1. The average molecular weight is 516 g/mol. The lowest BCUT2D eigenvalue weighted by Gasteiger charge is -2.34. The number of pyridine rings is 1. The van der Waals surface area contributed by atoms with Gasteiger partial charge >= 0.3 is 0 Å². The number of benzene rings is 2. The molecule has 186 valence electrons. The first-order chi connectivity index (χ1) is 17.5. The van der Waals surface area contributed by atoms with Crippen molar-refractivity contribution in [3.8, 4) is 0 Å². The van der Waals surface area contributed by atoms with E-state index in [1.165, 1.54) is 17.3 Å². The number of thiocarbonyl (C=S) groups is 1. The number of thioether (sulfide) groups is 1. The number of amides is 1. The fourth-order valence-corrected chi connectivity index (χ4v) is 6.30. The summed E-state index contributed by atoms with van der Waals surface area (Å²) in [6.45, 7) is 6.96. The molecular formula is C30H33N3OS2. The summed E-state index contributed by atoms with van der Waals surface area (Å²) < 4.78 is 0.656. The second-order valence-corrected chi connectivity index (χ2v) is 11.9. The molecule has 6 heteroatoms. The van der Waals surface area contributed by atoms with Gasteiger partial charge in [0, 0.05) is 30.6 Å². The van der Waals surface area contributed by atoms with Crippen LogP contribution in [0.1, 0.15) is 44.2 Å². The fraction of sp³-hybridized carbons (Fsp3) is 0.367. The highest BCUT2D eigenvalue weighted by Gasteiger charge is 2.32. The molecule has 2 saturated heterocycles. The van der Waals surface area contributed by atoms with Gasteiger partial charge in [0.15, 0.2) is 0 Å². The molecule has 36 heavy (non-hydrogen) atoms. The molecule has 1 amide bonds. The van der Waals surface area contributed by atoms with Gasteiger partial charge in [-0.15, -0.1) is 0 Å². The van der Waals surface area contributed by atoms with Gasteiger partial charge in [-0.2, -0.15) is 0 Å². The molecular weight excluding hydrogens is 482 g/mol. The zero-order valence-electron chi connectivity index (χ0n) is 21.0. The highest BCUT2D eigenvalue weighted by Crippen LogP contribution is 2.36. The predicted octanol–water partition coefficient (Wildman–Crippen LogP) is 6.94. The molecule has 2 aliphatic heterocycles. The van der Waals surface area contributed by atoms with E-state index in [2.05, 4.69) is 67.3 Å². The normalized spacial score (nSPS) is 18.2. The number of para-hydroxylation sites is 1. The van der Waals surface area contributed by atoms with E-state index in [4.69, 9.17) is 17.2 Å². The van der Waals surface area contributed by atoms with Crippen LogP contribution in [0.25, 0.3) is 17.0 Å². The van der Waals surface area contributed by atoms with E-state index in [-0.39, 0.29) is 5.91 Å². The van der Waals surface area contributed by atoms with Gasteiger partial charge in [0.2, 0.25) is 0 Å². The van der Waals surface area contributed by atoms with Crippen molar-refractivity contribution in [2.75, 3.05) is 24.5 Å². The van der Waals surface area contributed by atoms with Crippen LogP contribution < -0.4 is 4.90 Å². The minimum absolute atomic E-state index is 0.0197. The van der Waals surface area contributed by atoms with Crippen molar-refractivity contribution in [2.24, 2.45) is 11.8 Å². The van der Waals surface area contributed by atoms with Gasteiger partial charge in [-0.25, -0.2) is 4.98 Å². The minimum Gasteiger partial charge on any atom is -0.356 e. The van der Waals surface area contributed by atoms with E-state index in [1.807, 2.05) is 18.2 Å². The summed E-state index contributed by atoms with van der Waals surface area (Å²) in [5, 5.41) is 1.08. The monoisotopic (exact) mass is 515 g/mol. The summed E-state index contributed by atoms with van der Waals surface area (Å²) in [5.74, 6) is 2.20. The Kier molecular flexibility index (Phi) is 7.73. The van der Waals surface area contributed by atoms with Gasteiger partial charge in [-0.05, 0) is 61.3 Å². The molecule has 0 spiro atoms. The van der Waals surface area contributed by atoms with Gasteiger partial charge < -0.3 is 4.90 Å². The summed E-state index contributed by atoms with van der Waals surface area (Å²) in [5.41, 5.74) is 3.40. The van der Waals surface area contributed by atoms with Crippen molar-refractivity contribution in [1.29, 1.82) is 0 Å². The third kappa shape index (κ3) is 5.65. The predicted molar refractivity (Wildman–Crippen MR) is 156 cm³/mol. The lowest BCUT2D eigenvalue weighted by atomic mass is 9.90. The molecule has 2 fully saturated rings. The summed E-state index contributed by atoms with van der Waals surface area (Å²) in [4.78, 5) is 23.2. The Bertz CT molecular complexity index is 1280. The van der Waals surface area contributed by atoms with Gasteiger partial charge in [0.05, 0.1) is 10.4 Å². The van der Waals surface area contributed by atoms with E-state index in [9.17, 15) is 4.79 Å². The number of carbonyl (C=O) groups excluding carboxylic acids is 1. The quantitative estimate of drug-likeness (QED) is 0.252. The van der Waals surface area contributed by atoms with Gasteiger partial charge in [-0.3, -0.25) is 9.69 Å². The Hall–Kier alpha value is -2.70. The maximum atomic E-state index is 13.2. The standard InChI is InChI=1S/C30H33N3OS2/c1-21(2)12-17-33-29(34)27(36-30(33)35)20-25-19-24-10-6-7-11-26(24)31-28(25)32-15-13-23(14-16-32)18-22-8-4-3-5-9-22/h3-11,19-21,23H,12-18H2,1-2H3/b27-20-. The molecule has 0 bridgehead atoms. The highest BCUT2D eigenvalue weighted by atomic mass is 32.2. The Balaban J connectivity index is 1.39. The number of rotatable bonds is 7. The van der Waals surface area contributed by atoms with E-state index < -0.39 is 0 Å². The molecule has 3 heterocycles. The Morgan fingerprint density at radius 2 is 1.81 bits per heavy atom. The number of carbonyl (C=O) groups is 1. The second-order valence-electron chi connectivity index (χ2n) is 10.2. The smallest absolute Gasteiger partial charge is 0.266 e. The third-order valence-electron chi connectivity index (χ3n) is 7.10. The zero-order valence-corrected chi connectivity index (χ0v) is 22.7. The van der Waals surface area contributed by atoms with Crippen LogP contribution in [-0.2, 0) is 11.2 Å². The van der Waals surface area contributed by atoms with Crippen LogP contribution in [-0.4, -0.2) is 39.7 Å². The Labute approximate surface area is 223 Å². The van der Waals surface area contributed by atoms with Crippen LogP contribution in [0.3, 0.4) is 0 Å². The van der Waals surface area contributed by atoms with Crippen molar-refractivity contribution in [3.05, 3.63) is 76.7 Å². The van der Waals surface area contributed by atoms with Crippen molar-refractivity contribution >= 4 is 57.0 Å². The Morgan fingerprint density at radius 1 is 1.08 bits per heavy atom. The maximum Gasteiger partial charge on any atom is 0.266 e. The number of hydrogen-bond acceptors (Lipinski definition) is 5. The van der Waals surface area contributed by atoms with Crippen LogP contribution in [0.4, 0.5) is 5.82 Å². The SMILES string of the molecule is CC(C)CCN1C(=O)/C(=C/c2cc3ccccc3nc2N2CCC(Cc3ccccc3)CC2)SC1=S. The summed E-state index contributed by atoms with van der Waals surface area (Å²) >= 11 is 6.98. The van der Waals surface area contributed by atoms with E-state index in [0.29, 0.717) is 27.6 Å². The fourth-order valence-electron chi connectivity index (χ4n) is 5.00. The molecule has 2 aromatic carbocycles. The largest absolute Gasteiger partial charge is 0.356 e. The highest BCUT2D eigenvalue weighted by molar-refractivity contribution is 8.26. The van der Waals surface area contributed by atoms with Crippen LogP contribution in [0.5, 0.6) is 0 Å². The maximum absolute atomic E-state index is 13.2. The van der Waals surface area contributed by atoms with Crippen molar-refractivity contribution in [3.63, 3.8) is 0 Å². The molecule has 0 saturated carbocycles. The molecule has 5 rings (SSSR count). The van der Waals surface area contributed by atoms with Crippen LogP contribution in [0, 0.1) is 11.8 Å². The molecule has 3 aromatic rings. The summed E-state index contributed by atoms with van der Waals surface area (Å²) in [7, 11) is 0. The Morgan fingerprint density at radius 3 is 2.56 bits per heavy atom. The number of fused-ring (bicyclic) bond motifs is 1. The number of anilines is 1. The molecule has 4 nitrogen and oxygen atoms in total. The van der Waals surface area contributed by atoms with Crippen molar-refractivity contribution in [1.82, 2.24) is 9.88 Å². The van der Waals surface area contributed by atoms with Crippen molar-refractivity contribution in [2.45, 2.75) is 39.5 Å². The van der Waals surface area contributed by atoms with Crippen molar-refractivity contribution < 1.29 is 4.79 Å². The number of hydrogen-bond donors (Lipinski definition) is 0. The molecule has 0 atom stereocenters. The van der Waals surface area contributed by atoms with E-state index in [0.717, 1.165) is 61.1 Å². The topological polar surface area (TPSA) is 36.4 Å². The molecule has 0 aliphatic carbocycles. The van der Waals surface area contributed by atoms with Gasteiger partial charge in [0.1, 0.15) is 10.1 Å². The summed E-state index contributed by atoms with van der Waals surface area (Å²) in [6, 6.07) is 21.2. The van der Waals surface area contributed by atoms with Gasteiger partial charge in [0.25, 0.3) is 5.91 Å². The summed E-state index contributed by atoms with van der Waals surface area (Å²) in [6.07, 6.45) is 6.37. The molecule has 1 aromatic heterocycles. The molecule has 0 radical (unpaired) electrons. The van der Waals surface area contributed by atoms with E-state index >= 15 is 0 Å². The van der Waals surface area contributed by atoms with E-state index in [1.54, 1.807) is 4.90 Å². The minimum atomic E-state index is 0.0197. The third-order valence-corrected chi connectivity index (χ3v) is 8.48. The van der Waals surface area contributed by atoms with Gasteiger partial charge in [-0.1, -0.05) is 86.4 Å². The van der Waals surface area contributed by atoms with Crippen LogP contribution in [0.15, 0.2) is 65.6 Å². The first kappa shape index (κ1) is 25.0. The number of aromatic nitrogens is 1. The number of piperidine rings is 1. The van der Waals surface area contributed by atoms with Crippen LogP contribution >= 0.6 is 24.0 Å². The number of nitrogens with zero attached hydrogens (tertiary/aromatic N) is 3. The lowest BCUT2D eigenvalue weighted by Crippen LogP contribution is -2.35. The van der Waals surface area contributed by atoms with Crippen LogP contribution in [0.2, 0.25) is 0 Å². The lowest BCUT2D eigenvalue weighted by molar-refractivity contribution is -0.122. The first-order valence-electron chi connectivity index (χ1n) is 12.9. The molecule has 0 N–H and O–H groups in total. The molecule has 2 aliphatic rings. The molecule has 0 unspecified atom stereocenters. The first-order valence-corrected chi connectivity index (χ1v) is 14.1. The average Bonchev–Trinajstić information content (AvgIpc) is 3.15.